The summed E-state index contributed by atoms with van der Waals surface area (Å²) in [5.41, 5.74) is 2.23. The molecule has 1 heterocycles. The minimum absolute atomic E-state index is 0.165. The first-order chi connectivity index (χ1) is 11.2. The number of nitrogens with zero attached hydrogens (tertiary/aromatic N) is 2. The quantitative estimate of drug-likeness (QED) is 0.608. The first-order valence-corrected chi connectivity index (χ1v) is 7.90. The van der Waals surface area contributed by atoms with E-state index < -0.39 is 0 Å². The summed E-state index contributed by atoms with van der Waals surface area (Å²) in [4.78, 5) is 28.1. The Labute approximate surface area is 136 Å². The number of para-hydroxylation sites is 1. The minimum atomic E-state index is -0.165. The second-order valence-electron chi connectivity index (χ2n) is 5.77. The fourth-order valence-corrected chi connectivity index (χ4v) is 2.87. The summed E-state index contributed by atoms with van der Waals surface area (Å²) in [7, 11) is 2.05. The average molecular weight is 308 g/mol. The van der Waals surface area contributed by atoms with Crippen LogP contribution in [-0.2, 0) is 0 Å². The molecule has 1 aliphatic rings. The summed E-state index contributed by atoms with van der Waals surface area (Å²) in [6.07, 6.45) is 1.74. The van der Waals surface area contributed by atoms with Crippen LogP contribution in [0.3, 0.4) is 0 Å². The van der Waals surface area contributed by atoms with Gasteiger partial charge in [-0.2, -0.15) is 0 Å². The molecule has 2 amide bonds. The van der Waals surface area contributed by atoms with Crippen LogP contribution in [0.1, 0.15) is 33.6 Å². The zero-order valence-corrected chi connectivity index (χ0v) is 13.2. The summed E-state index contributed by atoms with van der Waals surface area (Å²) < 4.78 is 0. The summed E-state index contributed by atoms with van der Waals surface area (Å²) in [5, 5.41) is 0. The van der Waals surface area contributed by atoms with E-state index in [1.165, 1.54) is 10.6 Å². The smallest absolute Gasteiger partial charge is 0.261 e. The number of rotatable bonds is 6. The molecule has 0 atom stereocenters. The number of imide groups is 1. The summed E-state index contributed by atoms with van der Waals surface area (Å²) in [6.45, 7) is 1.38. The lowest BCUT2D eigenvalue weighted by Crippen LogP contribution is -2.31. The maximum absolute atomic E-state index is 12.3. The van der Waals surface area contributed by atoms with E-state index in [4.69, 9.17) is 0 Å². The Kier molecular flexibility index (Phi) is 4.42. The molecule has 0 unspecified atom stereocenters. The van der Waals surface area contributed by atoms with E-state index in [1.54, 1.807) is 24.3 Å². The molecule has 0 aromatic heterocycles. The van der Waals surface area contributed by atoms with Gasteiger partial charge in [-0.25, -0.2) is 0 Å². The molecule has 0 bridgehead atoms. The fourth-order valence-electron chi connectivity index (χ4n) is 2.87. The Morgan fingerprint density at radius 3 is 2.00 bits per heavy atom. The van der Waals surface area contributed by atoms with Gasteiger partial charge in [0.05, 0.1) is 11.1 Å². The van der Waals surface area contributed by atoms with Crippen LogP contribution in [-0.4, -0.2) is 36.9 Å². The molecule has 1 aliphatic heterocycles. The number of hydrogen-bond acceptors (Lipinski definition) is 3. The van der Waals surface area contributed by atoms with Crippen LogP contribution in [0.2, 0.25) is 0 Å². The van der Waals surface area contributed by atoms with Crippen LogP contribution in [0.15, 0.2) is 54.6 Å². The van der Waals surface area contributed by atoms with Crippen LogP contribution in [0, 0.1) is 0 Å². The van der Waals surface area contributed by atoms with Crippen molar-refractivity contribution in [1.29, 1.82) is 0 Å². The number of benzene rings is 2. The highest BCUT2D eigenvalue weighted by atomic mass is 16.2. The third-order valence-electron chi connectivity index (χ3n) is 4.20. The van der Waals surface area contributed by atoms with Gasteiger partial charge in [-0.1, -0.05) is 30.3 Å². The minimum Gasteiger partial charge on any atom is -0.375 e. The van der Waals surface area contributed by atoms with Crippen LogP contribution in [0.25, 0.3) is 0 Å². The van der Waals surface area contributed by atoms with Crippen molar-refractivity contribution in [2.45, 2.75) is 12.8 Å². The number of carbonyl (C=O) groups excluding carboxylic acids is 2. The van der Waals surface area contributed by atoms with Gasteiger partial charge in [0, 0.05) is 25.8 Å². The predicted molar refractivity (Wildman–Crippen MR) is 90.8 cm³/mol. The van der Waals surface area contributed by atoms with Crippen molar-refractivity contribution < 1.29 is 9.59 Å². The molecule has 0 N–H and O–H groups in total. The topological polar surface area (TPSA) is 40.6 Å². The molecule has 23 heavy (non-hydrogen) atoms. The average Bonchev–Trinajstić information content (AvgIpc) is 2.84. The molecule has 4 nitrogen and oxygen atoms in total. The van der Waals surface area contributed by atoms with Gasteiger partial charge in [-0.05, 0) is 37.1 Å². The lowest BCUT2D eigenvalue weighted by molar-refractivity contribution is 0.0652. The van der Waals surface area contributed by atoms with Crippen molar-refractivity contribution in [2.75, 3.05) is 25.0 Å². The standard InChI is InChI=1S/C19H20N2O2/c1-20(15-9-3-2-4-10-15)13-7-8-14-21-18(22)16-11-5-6-12-17(16)19(21)23/h2-6,9-12H,7-8,13-14H2,1H3. The van der Waals surface area contributed by atoms with Crippen molar-refractivity contribution in [3.8, 4) is 0 Å². The number of hydrogen-bond donors (Lipinski definition) is 0. The number of amides is 2. The molecule has 2 aromatic carbocycles. The van der Waals surface area contributed by atoms with Crippen molar-refractivity contribution in [3.05, 3.63) is 65.7 Å². The normalized spacial score (nSPS) is 13.3. The second kappa shape index (κ2) is 6.65. The van der Waals surface area contributed by atoms with Gasteiger partial charge in [-0.3, -0.25) is 14.5 Å². The third-order valence-corrected chi connectivity index (χ3v) is 4.20. The van der Waals surface area contributed by atoms with Gasteiger partial charge in [0.1, 0.15) is 0 Å². The molecule has 0 saturated heterocycles. The van der Waals surface area contributed by atoms with E-state index in [9.17, 15) is 9.59 Å². The fraction of sp³-hybridized carbons (Fsp3) is 0.263. The molecule has 0 saturated carbocycles. The van der Waals surface area contributed by atoms with E-state index in [0.717, 1.165) is 19.4 Å². The molecule has 0 fully saturated rings. The molecular weight excluding hydrogens is 288 g/mol. The van der Waals surface area contributed by atoms with Crippen molar-refractivity contribution >= 4 is 17.5 Å². The van der Waals surface area contributed by atoms with Crippen LogP contribution >= 0.6 is 0 Å². The van der Waals surface area contributed by atoms with Gasteiger partial charge in [-0.15, -0.1) is 0 Å². The largest absolute Gasteiger partial charge is 0.375 e. The van der Waals surface area contributed by atoms with Gasteiger partial charge in [0.15, 0.2) is 0 Å². The zero-order chi connectivity index (χ0) is 16.2. The number of anilines is 1. The van der Waals surface area contributed by atoms with Crippen molar-refractivity contribution in [2.24, 2.45) is 0 Å². The van der Waals surface area contributed by atoms with Crippen LogP contribution in [0.5, 0.6) is 0 Å². The van der Waals surface area contributed by atoms with Crippen molar-refractivity contribution in [1.82, 2.24) is 4.90 Å². The maximum atomic E-state index is 12.3. The number of unbranched alkanes of at least 4 members (excludes halogenated alkanes) is 1. The Morgan fingerprint density at radius 1 is 0.826 bits per heavy atom. The maximum Gasteiger partial charge on any atom is 0.261 e. The SMILES string of the molecule is CN(CCCCN1C(=O)c2ccccc2C1=O)c1ccccc1. The highest BCUT2D eigenvalue weighted by molar-refractivity contribution is 6.21. The Bertz CT molecular complexity index is 677. The van der Waals surface area contributed by atoms with Gasteiger partial charge in [0.25, 0.3) is 11.8 Å². The Hall–Kier alpha value is -2.62. The Morgan fingerprint density at radius 2 is 1.39 bits per heavy atom. The summed E-state index contributed by atoms with van der Waals surface area (Å²) in [5.74, 6) is -0.330. The lowest BCUT2D eigenvalue weighted by Gasteiger charge is -2.20. The molecule has 0 spiro atoms. The number of carbonyl (C=O) groups is 2. The molecule has 3 rings (SSSR count). The van der Waals surface area contributed by atoms with Crippen LogP contribution in [0.4, 0.5) is 5.69 Å². The van der Waals surface area contributed by atoms with Crippen molar-refractivity contribution in [3.63, 3.8) is 0 Å². The molecular formula is C19H20N2O2. The lowest BCUT2D eigenvalue weighted by atomic mass is 10.1. The highest BCUT2D eigenvalue weighted by Gasteiger charge is 2.34. The second-order valence-corrected chi connectivity index (χ2v) is 5.77. The summed E-state index contributed by atoms with van der Waals surface area (Å²) >= 11 is 0. The first-order valence-electron chi connectivity index (χ1n) is 7.90. The van der Waals surface area contributed by atoms with E-state index >= 15 is 0 Å². The molecule has 118 valence electrons. The highest BCUT2D eigenvalue weighted by Crippen LogP contribution is 2.22. The molecule has 0 aliphatic carbocycles. The third kappa shape index (κ3) is 3.11. The monoisotopic (exact) mass is 308 g/mol. The van der Waals surface area contributed by atoms with E-state index in [1.807, 2.05) is 18.2 Å². The first kappa shape index (κ1) is 15.3. The van der Waals surface area contributed by atoms with Gasteiger partial charge < -0.3 is 4.90 Å². The molecule has 0 radical (unpaired) electrons. The molecule has 4 heteroatoms. The number of fused-ring (bicyclic) bond motifs is 1. The van der Waals surface area contributed by atoms with Crippen LogP contribution < -0.4 is 4.90 Å². The summed E-state index contributed by atoms with van der Waals surface area (Å²) in [6, 6.07) is 17.2. The van der Waals surface area contributed by atoms with E-state index in [2.05, 4.69) is 24.1 Å². The van der Waals surface area contributed by atoms with Gasteiger partial charge in [0.2, 0.25) is 0 Å². The van der Waals surface area contributed by atoms with E-state index in [0.29, 0.717) is 17.7 Å². The van der Waals surface area contributed by atoms with Gasteiger partial charge >= 0.3 is 0 Å². The van der Waals surface area contributed by atoms with E-state index in [-0.39, 0.29) is 11.8 Å². The Balaban J connectivity index is 1.50. The molecule has 2 aromatic rings. The predicted octanol–water partition coefficient (Wildman–Crippen LogP) is 3.20. The zero-order valence-electron chi connectivity index (χ0n) is 13.2.